The average molecular weight is 265 g/mol. The highest BCUT2D eigenvalue weighted by Crippen LogP contribution is 2.27. The number of nitrogens with zero attached hydrogens (tertiary/aromatic N) is 2. The molecule has 1 unspecified atom stereocenters. The van der Waals surface area contributed by atoms with Gasteiger partial charge in [-0.15, -0.1) is 12.3 Å². The van der Waals surface area contributed by atoms with Gasteiger partial charge in [-0.1, -0.05) is 11.6 Å². The molecule has 0 aliphatic carbocycles. The molecule has 6 heteroatoms. The Morgan fingerprint density at radius 2 is 2.33 bits per heavy atom. The molecular weight excluding hydrogens is 256 g/mol. The van der Waals surface area contributed by atoms with Crippen molar-refractivity contribution in [1.29, 1.82) is 0 Å². The van der Waals surface area contributed by atoms with E-state index in [9.17, 15) is 9.59 Å². The van der Waals surface area contributed by atoms with E-state index < -0.39 is 5.97 Å². The summed E-state index contributed by atoms with van der Waals surface area (Å²) in [6.07, 6.45) is 5.47. The lowest BCUT2D eigenvalue weighted by molar-refractivity contribution is -0.117. The van der Waals surface area contributed by atoms with E-state index in [1.807, 2.05) is 0 Å². The van der Waals surface area contributed by atoms with Crippen LogP contribution in [0.3, 0.4) is 0 Å². The molecule has 1 N–H and O–H groups in total. The van der Waals surface area contributed by atoms with Crippen molar-refractivity contribution in [2.24, 2.45) is 5.92 Å². The third kappa shape index (κ3) is 2.15. The van der Waals surface area contributed by atoms with Gasteiger partial charge in [0.2, 0.25) is 5.91 Å². The molecule has 2 heterocycles. The summed E-state index contributed by atoms with van der Waals surface area (Å²) in [5, 5.41) is 9.20. The van der Waals surface area contributed by atoms with Crippen molar-refractivity contribution in [3.8, 4) is 12.3 Å². The summed E-state index contributed by atoms with van der Waals surface area (Å²) in [5.41, 5.74) is -0.0644. The summed E-state index contributed by atoms with van der Waals surface area (Å²) in [7, 11) is 0. The van der Waals surface area contributed by atoms with Crippen LogP contribution in [0.4, 0.5) is 5.82 Å². The molecular formula is C12H9ClN2O3. The lowest BCUT2D eigenvalue weighted by Crippen LogP contribution is -2.27. The molecule has 1 aromatic heterocycles. The molecule has 18 heavy (non-hydrogen) atoms. The largest absolute Gasteiger partial charge is 0.478 e. The second-order valence-corrected chi connectivity index (χ2v) is 4.27. The number of carbonyl (C=O) groups is 2. The fraction of sp³-hybridized carbons (Fsp3) is 0.250. The molecule has 1 aliphatic rings. The van der Waals surface area contributed by atoms with Crippen LogP contribution in [0.5, 0.6) is 0 Å². The van der Waals surface area contributed by atoms with E-state index in [2.05, 4.69) is 10.9 Å². The maximum Gasteiger partial charge on any atom is 0.339 e. The number of hydrogen-bond acceptors (Lipinski definition) is 3. The molecule has 1 aromatic rings. The maximum absolute atomic E-state index is 11.8. The maximum atomic E-state index is 11.8. The zero-order valence-corrected chi connectivity index (χ0v) is 10.0. The van der Waals surface area contributed by atoms with Crippen LogP contribution in [0.15, 0.2) is 12.1 Å². The monoisotopic (exact) mass is 264 g/mol. The van der Waals surface area contributed by atoms with Crippen LogP contribution in [0.2, 0.25) is 5.15 Å². The first-order valence-electron chi connectivity index (χ1n) is 5.19. The number of amides is 1. The Labute approximate surface area is 108 Å². The molecule has 1 aliphatic heterocycles. The number of pyridine rings is 1. The van der Waals surface area contributed by atoms with Gasteiger partial charge in [-0.05, 0) is 12.1 Å². The quantitative estimate of drug-likeness (QED) is 0.648. The number of rotatable bonds is 2. The van der Waals surface area contributed by atoms with Crippen LogP contribution in [-0.2, 0) is 4.79 Å². The molecule has 1 amide bonds. The minimum atomic E-state index is -1.16. The highest BCUT2D eigenvalue weighted by atomic mass is 35.5. The van der Waals surface area contributed by atoms with Crippen molar-refractivity contribution in [3.05, 3.63) is 22.8 Å². The van der Waals surface area contributed by atoms with Gasteiger partial charge >= 0.3 is 5.97 Å². The third-order valence-corrected chi connectivity index (χ3v) is 2.90. The van der Waals surface area contributed by atoms with Crippen molar-refractivity contribution < 1.29 is 14.7 Å². The summed E-state index contributed by atoms with van der Waals surface area (Å²) in [6.45, 7) is 0.267. The first kappa shape index (κ1) is 12.4. The topological polar surface area (TPSA) is 70.5 Å². The minimum absolute atomic E-state index is 0.0535. The van der Waals surface area contributed by atoms with Gasteiger partial charge in [-0.25, -0.2) is 9.78 Å². The molecule has 0 radical (unpaired) electrons. The van der Waals surface area contributed by atoms with Crippen molar-refractivity contribution in [2.45, 2.75) is 6.42 Å². The Balaban J connectivity index is 2.45. The lowest BCUT2D eigenvalue weighted by atomic mass is 10.1. The van der Waals surface area contributed by atoms with Gasteiger partial charge in [-0.2, -0.15) is 0 Å². The van der Waals surface area contributed by atoms with E-state index in [1.54, 1.807) is 0 Å². The van der Waals surface area contributed by atoms with E-state index in [-0.39, 0.29) is 41.3 Å². The number of anilines is 1. The Bertz CT molecular complexity index is 565. The van der Waals surface area contributed by atoms with Crippen LogP contribution in [0.1, 0.15) is 16.8 Å². The highest BCUT2D eigenvalue weighted by Gasteiger charge is 2.32. The molecule has 0 saturated carbocycles. The van der Waals surface area contributed by atoms with Crippen LogP contribution >= 0.6 is 11.6 Å². The standard InChI is InChI=1S/C12H9ClN2O3/c1-2-7-5-10(16)15(6-7)11-8(12(17)18)3-4-9(13)14-11/h1,3-4,7H,5-6H2,(H,17,18). The van der Waals surface area contributed by atoms with Crippen LogP contribution in [-0.4, -0.2) is 28.5 Å². The average Bonchev–Trinajstić information content (AvgIpc) is 2.70. The highest BCUT2D eigenvalue weighted by molar-refractivity contribution is 6.29. The number of halogens is 1. The van der Waals surface area contributed by atoms with Gasteiger partial charge < -0.3 is 5.11 Å². The smallest absolute Gasteiger partial charge is 0.339 e. The van der Waals surface area contributed by atoms with Gasteiger partial charge in [0.25, 0.3) is 0 Å². The van der Waals surface area contributed by atoms with Crippen molar-refractivity contribution >= 4 is 29.3 Å². The third-order valence-electron chi connectivity index (χ3n) is 2.69. The van der Waals surface area contributed by atoms with Gasteiger partial charge in [0, 0.05) is 18.9 Å². The predicted octanol–water partition coefficient (Wildman–Crippen LogP) is 1.42. The second kappa shape index (κ2) is 4.67. The van der Waals surface area contributed by atoms with Crippen molar-refractivity contribution in [3.63, 3.8) is 0 Å². The number of aromatic nitrogens is 1. The number of carbonyl (C=O) groups excluding carboxylic acids is 1. The lowest BCUT2D eigenvalue weighted by Gasteiger charge is -2.17. The van der Waals surface area contributed by atoms with Crippen LogP contribution < -0.4 is 4.90 Å². The van der Waals surface area contributed by atoms with Gasteiger partial charge in [-0.3, -0.25) is 9.69 Å². The molecule has 92 valence electrons. The first-order chi connectivity index (χ1) is 8.52. The van der Waals surface area contributed by atoms with E-state index in [0.29, 0.717) is 0 Å². The van der Waals surface area contributed by atoms with Crippen LogP contribution in [0, 0.1) is 18.3 Å². The summed E-state index contributed by atoms with van der Waals surface area (Å²) in [6, 6.07) is 2.69. The van der Waals surface area contributed by atoms with E-state index >= 15 is 0 Å². The molecule has 0 bridgehead atoms. The summed E-state index contributed by atoms with van der Waals surface area (Å²) >= 11 is 5.74. The zero-order valence-electron chi connectivity index (χ0n) is 9.26. The normalized spacial score (nSPS) is 18.8. The molecule has 5 nitrogen and oxygen atoms in total. The predicted molar refractivity (Wildman–Crippen MR) is 65.5 cm³/mol. The van der Waals surface area contributed by atoms with E-state index in [0.717, 1.165) is 0 Å². The molecule has 1 saturated heterocycles. The molecule has 0 aromatic carbocycles. The minimum Gasteiger partial charge on any atom is -0.478 e. The van der Waals surface area contributed by atoms with Gasteiger partial charge in [0.15, 0.2) is 5.82 Å². The summed E-state index contributed by atoms with van der Waals surface area (Å²) < 4.78 is 0. The zero-order chi connectivity index (χ0) is 13.3. The van der Waals surface area contributed by atoms with Gasteiger partial charge in [0.05, 0.1) is 0 Å². The Hall–Kier alpha value is -2.06. The summed E-state index contributed by atoms with van der Waals surface area (Å²) in [5.74, 6) is 0.916. The van der Waals surface area contributed by atoms with Crippen molar-refractivity contribution in [1.82, 2.24) is 4.98 Å². The Kier molecular flexibility index (Phi) is 3.21. The van der Waals surface area contributed by atoms with E-state index in [1.165, 1.54) is 17.0 Å². The molecule has 1 atom stereocenters. The van der Waals surface area contributed by atoms with Gasteiger partial charge in [0.1, 0.15) is 10.7 Å². The van der Waals surface area contributed by atoms with Crippen molar-refractivity contribution in [2.75, 3.05) is 11.4 Å². The summed E-state index contributed by atoms with van der Waals surface area (Å²) in [4.78, 5) is 28.1. The fourth-order valence-corrected chi connectivity index (χ4v) is 1.96. The Morgan fingerprint density at radius 3 is 2.89 bits per heavy atom. The SMILES string of the molecule is C#CC1CC(=O)N(c2nc(Cl)ccc2C(=O)O)C1. The number of hydrogen-bond donors (Lipinski definition) is 1. The molecule has 2 rings (SSSR count). The number of carboxylic acid groups (broad SMARTS) is 1. The number of terminal acetylenes is 1. The number of carboxylic acids is 1. The van der Waals surface area contributed by atoms with Crippen LogP contribution in [0.25, 0.3) is 0 Å². The van der Waals surface area contributed by atoms with E-state index in [4.69, 9.17) is 23.1 Å². The number of aromatic carboxylic acids is 1. The Morgan fingerprint density at radius 1 is 1.61 bits per heavy atom. The fourth-order valence-electron chi connectivity index (χ4n) is 1.82. The second-order valence-electron chi connectivity index (χ2n) is 3.88. The molecule has 1 fully saturated rings. The molecule has 0 spiro atoms. The first-order valence-corrected chi connectivity index (χ1v) is 5.57.